The molecule has 0 aromatic heterocycles. The second-order valence-corrected chi connectivity index (χ2v) is 3.08. The molecule has 0 heterocycles. The number of halogens is 1. The first-order chi connectivity index (χ1) is 4.81. The summed E-state index contributed by atoms with van der Waals surface area (Å²) in [5.41, 5.74) is 0. The van der Waals surface area contributed by atoms with E-state index < -0.39 is 0 Å². The summed E-state index contributed by atoms with van der Waals surface area (Å²) in [6, 6.07) is 0. The second kappa shape index (κ2) is 7.22. The topological polar surface area (TPSA) is 29.1 Å². The number of thioether (sulfide) groups is 1. The zero-order valence-corrected chi connectivity index (χ0v) is 7.60. The Morgan fingerprint density at radius 2 is 2.40 bits per heavy atom. The fourth-order valence-electron chi connectivity index (χ4n) is 0.492. The molecule has 0 aromatic rings. The summed E-state index contributed by atoms with van der Waals surface area (Å²) < 4.78 is 0. The van der Waals surface area contributed by atoms with Crippen molar-refractivity contribution >= 4 is 29.3 Å². The molecule has 0 aliphatic heterocycles. The normalized spacial score (nSPS) is 9.40. The predicted molar refractivity (Wildman–Crippen MR) is 46.7 cm³/mol. The van der Waals surface area contributed by atoms with Gasteiger partial charge in [-0.2, -0.15) is 11.8 Å². The van der Waals surface area contributed by atoms with Crippen LogP contribution in [0.2, 0.25) is 0 Å². The fourth-order valence-corrected chi connectivity index (χ4v) is 1.02. The highest BCUT2D eigenvalue weighted by Gasteiger charge is 1.94. The van der Waals surface area contributed by atoms with Crippen LogP contribution in [0.5, 0.6) is 0 Å². The van der Waals surface area contributed by atoms with Crippen molar-refractivity contribution in [2.45, 2.75) is 6.42 Å². The molecule has 0 aliphatic rings. The highest BCUT2D eigenvalue weighted by atomic mass is 35.5. The molecule has 10 heavy (non-hydrogen) atoms. The molecule has 0 rings (SSSR count). The van der Waals surface area contributed by atoms with Crippen LogP contribution in [0.25, 0.3) is 0 Å². The summed E-state index contributed by atoms with van der Waals surface area (Å²) in [5.74, 6) is 1.07. The largest absolute Gasteiger partial charge is 0.355 e. The van der Waals surface area contributed by atoms with Crippen molar-refractivity contribution in [2.75, 3.05) is 24.4 Å². The number of carbonyl (C=O) groups is 1. The quantitative estimate of drug-likeness (QED) is 0.509. The number of amides is 1. The monoisotopic (exact) mass is 181 g/mol. The summed E-state index contributed by atoms with van der Waals surface area (Å²) in [4.78, 5) is 10.5. The van der Waals surface area contributed by atoms with Gasteiger partial charge in [0.05, 0.1) is 0 Å². The van der Waals surface area contributed by atoms with Gasteiger partial charge in [-0.15, -0.1) is 11.6 Å². The maximum absolute atomic E-state index is 10.5. The molecule has 0 unspecified atom stereocenters. The molecular weight excluding hydrogens is 170 g/mol. The van der Waals surface area contributed by atoms with Crippen molar-refractivity contribution < 1.29 is 4.79 Å². The molecule has 1 N–H and O–H groups in total. The maximum Gasteiger partial charge on any atom is 0.234 e. The Morgan fingerprint density at radius 3 is 2.90 bits per heavy atom. The van der Waals surface area contributed by atoms with Gasteiger partial charge in [-0.1, -0.05) is 0 Å². The van der Waals surface area contributed by atoms with Gasteiger partial charge in [-0.3, -0.25) is 4.79 Å². The standard InChI is InChI=1S/C6H12ClNOS/c1-10-4-2-3-8-6(9)5-7/h2-5H2,1H3,(H,8,9). The van der Waals surface area contributed by atoms with Crippen molar-refractivity contribution in [1.82, 2.24) is 5.32 Å². The van der Waals surface area contributed by atoms with Gasteiger partial charge in [-0.25, -0.2) is 0 Å². The van der Waals surface area contributed by atoms with E-state index in [1.54, 1.807) is 11.8 Å². The van der Waals surface area contributed by atoms with E-state index in [4.69, 9.17) is 11.6 Å². The van der Waals surface area contributed by atoms with E-state index in [1.165, 1.54) is 0 Å². The SMILES string of the molecule is CSCCCNC(=O)CCl. The molecule has 0 aliphatic carbocycles. The Hall–Kier alpha value is 0.110. The van der Waals surface area contributed by atoms with E-state index in [2.05, 4.69) is 5.32 Å². The van der Waals surface area contributed by atoms with Crippen LogP contribution in [0.4, 0.5) is 0 Å². The third-order valence-corrected chi connectivity index (χ3v) is 1.91. The first-order valence-corrected chi connectivity index (χ1v) is 5.05. The van der Waals surface area contributed by atoms with Gasteiger partial charge in [0.2, 0.25) is 5.91 Å². The van der Waals surface area contributed by atoms with E-state index in [1.807, 2.05) is 6.26 Å². The number of hydrogen-bond acceptors (Lipinski definition) is 2. The Morgan fingerprint density at radius 1 is 1.70 bits per heavy atom. The second-order valence-electron chi connectivity index (χ2n) is 1.83. The van der Waals surface area contributed by atoms with E-state index >= 15 is 0 Å². The smallest absolute Gasteiger partial charge is 0.234 e. The minimum atomic E-state index is -0.0808. The number of rotatable bonds is 5. The number of alkyl halides is 1. The van der Waals surface area contributed by atoms with Crippen LogP contribution >= 0.6 is 23.4 Å². The van der Waals surface area contributed by atoms with E-state index in [-0.39, 0.29) is 11.8 Å². The van der Waals surface area contributed by atoms with Gasteiger partial charge in [-0.05, 0) is 18.4 Å². The van der Waals surface area contributed by atoms with E-state index in [9.17, 15) is 4.79 Å². The molecule has 1 amide bonds. The zero-order chi connectivity index (χ0) is 7.82. The molecule has 0 radical (unpaired) electrons. The first-order valence-electron chi connectivity index (χ1n) is 3.13. The van der Waals surface area contributed by atoms with Crippen molar-refractivity contribution in [3.63, 3.8) is 0 Å². The lowest BCUT2D eigenvalue weighted by atomic mass is 10.5. The van der Waals surface area contributed by atoms with Crippen molar-refractivity contribution in [3.8, 4) is 0 Å². The predicted octanol–water partition coefficient (Wildman–Crippen LogP) is 1.09. The number of carbonyl (C=O) groups excluding carboxylic acids is 1. The molecule has 0 saturated carbocycles. The molecule has 0 spiro atoms. The molecular formula is C6H12ClNOS. The molecule has 2 nitrogen and oxygen atoms in total. The average Bonchev–Trinajstić information content (AvgIpc) is 1.98. The van der Waals surface area contributed by atoms with Crippen LogP contribution in [-0.4, -0.2) is 30.3 Å². The highest BCUT2D eigenvalue weighted by Crippen LogP contribution is 1.93. The van der Waals surface area contributed by atoms with Gasteiger partial charge >= 0.3 is 0 Å². The Labute approximate surface area is 70.7 Å². The minimum absolute atomic E-state index is 0.0687. The number of nitrogens with one attached hydrogen (secondary N) is 1. The summed E-state index contributed by atoms with van der Waals surface area (Å²) in [7, 11) is 0. The lowest BCUT2D eigenvalue weighted by molar-refractivity contribution is -0.118. The maximum atomic E-state index is 10.5. The lowest BCUT2D eigenvalue weighted by Gasteiger charge is -1.99. The summed E-state index contributed by atoms with van der Waals surface area (Å²) in [6.45, 7) is 0.742. The molecule has 0 aromatic carbocycles. The van der Waals surface area contributed by atoms with E-state index in [0.717, 1.165) is 18.7 Å². The van der Waals surface area contributed by atoms with Crippen LogP contribution in [0.3, 0.4) is 0 Å². The molecule has 4 heteroatoms. The Kier molecular flexibility index (Phi) is 7.30. The summed E-state index contributed by atoms with van der Waals surface area (Å²) >= 11 is 7.02. The Balaban J connectivity index is 2.96. The van der Waals surface area contributed by atoms with Crippen LogP contribution in [-0.2, 0) is 4.79 Å². The third-order valence-electron chi connectivity index (χ3n) is 0.969. The minimum Gasteiger partial charge on any atom is -0.355 e. The van der Waals surface area contributed by atoms with Crippen LogP contribution in [0.1, 0.15) is 6.42 Å². The van der Waals surface area contributed by atoms with Crippen molar-refractivity contribution in [3.05, 3.63) is 0 Å². The van der Waals surface area contributed by atoms with Crippen LogP contribution < -0.4 is 5.32 Å². The fraction of sp³-hybridized carbons (Fsp3) is 0.833. The molecule has 0 atom stereocenters. The molecule has 0 fully saturated rings. The van der Waals surface area contributed by atoms with Crippen LogP contribution in [0.15, 0.2) is 0 Å². The van der Waals surface area contributed by atoms with Gasteiger partial charge in [0.25, 0.3) is 0 Å². The summed E-state index contributed by atoms with van der Waals surface area (Å²) in [6.07, 6.45) is 3.06. The van der Waals surface area contributed by atoms with E-state index in [0.29, 0.717) is 0 Å². The van der Waals surface area contributed by atoms with Crippen molar-refractivity contribution in [1.29, 1.82) is 0 Å². The Bertz CT molecular complexity index is 99.7. The van der Waals surface area contributed by atoms with Gasteiger partial charge in [0, 0.05) is 6.54 Å². The first kappa shape index (κ1) is 10.1. The third kappa shape index (κ3) is 6.23. The zero-order valence-electron chi connectivity index (χ0n) is 6.02. The molecule has 60 valence electrons. The van der Waals surface area contributed by atoms with Gasteiger partial charge < -0.3 is 5.32 Å². The number of hydrogen-bond donors (Lipinski definition) is 1. The molecule has 0 saturated heterocycles. The van der Waals surface area contributed by atoms with Gasteiger partial charge in [0.1, 0.15) is 5.88 Å². The van der Waals surface area contributed by atoms with Crippen LogP contribution in [0, 0.1) is 0 Å². The average molecular weight is 182 g/mol. The van der Waals surface area contributed by atoms with Gasteiger partial charge in [0.15, 0.2) is 0 Å². The van der Waals surface area contributed by atoms with Crippen molar-refractivity contribution in [2.24, 2.45) is 0 Å². The molecule has 0 bridgehead atoms. The lowest BCUT2D eigenvalue weighted by Crippen LogP contribution is -2.25. The highest BCUT2D eigenvalue weighted by molar-refractivity contribution is 7.98. The summed E-state index contributed by atoms with van der Waals surface area (Å²) in [5, 5.41) is 2.68.